The summed E-state index contributed by atoms with van der Waals surface area (Å²) in [5, 5.41) is 0. The molecule has 0 fully saturated rings. The van der Waals surface area contributed by atoms with Gasteiger partial charge in [-0.1, -0.05) is 60.2 Å². The van der Waals surface area contributed by atoms with Crippen molar-refractivity contribution in [3.63, 3.8) is 0 Å². The van der Waals surface area contributed by atoms with Crippen molar-refractivity contribution < 1.29 is 19.0 Å². The fourth-order valence-electron chi connectivity index (χ4n) is 5.18. The van der Waals surface area contributed by atoms with E-state index in [0.717, 1.165) is 30.7 Å². The van der Waals surface area contributed by atoms with Gasteiger partial charge < -0.3 is 14.2 Å². The highest BCUT2D eigenvalue weighted by atomic mass is 16.6. The molecule has 1 aliphatic carbocycles. The average Bonchev–Trinajstić information content (AvgIpc) is 3.06. The minimum absolute atomic E-state index is 0.207. The minimum Gasteiger partial charge on any atom is -0.492 e. The molecule has 0 aliphatic heterocycles. The van der Waals surface area contributed by atoms with Crippen LogP contribution in [0.15, 0.2) is 66.7 Å². The largest absolute Gasteiger partial charge is 0.492 e. The molecule has 3 aromatic carbocycles. The number of carbonyl (C=O) groups excluding carboxylic acids is 1. The second-order valence-electron chi connectivity index (χ2n) is 9.68. The summed E-state index contributed by atoms with van der Waals surface area (Å²) >= 11 is 0. The third kappa shape index (κ3) is 6.79. The maximum atomic E-state index is 12.2. The first-order valence-corrected chi connectivity index (χ1v) is 13.4. The fourth-order valence-corrected chi connectivity index (χ4v) is 5.18. The Hall–Kier alpha value is -3.15. The molecule has 5 nitrogen and oxygen atoms in total. The summed E-state index contributed by atoms with van der Waals surface area (Å²) < 4.78 is 16.9. The van der Waals surface area contributed by atoms with Crippen LogP contribution >= 0.6 is 0 Å². The van der Waals surface area contributed by atoms with Crippen LogP contribution in [0.1, 0.15) is 53.3 Å². The Bertz CT molecular complexity index is 1170. The molecule has 5 heteroatoms. The van der Waals surface area contributed by atoms with E-state index in [2.05, 4.69) is 61.3 Å². The van der Waals surface area contributed by atoms with Gasteiger partial charge in [-0.3, -0.25) is 4.90 Å². The zero-order valence-corrected chi connectivity index (χ0v) is 22.5. The Morgan fingerprint density at radius 2 is 1.68 bits per heavy atom. The van der Waals surface area contributed by atoms with Gasteiger partial charge in [0, 0.05) is 19.6 Å². The number of hydrogen-bond acceptors (Lipinski definition) is 5. The van der Waals surface area contributed by atoms with Gasteiger partial charge in [0.1, 0.15) is 12.4 Å². The second kappa shape index (κ2) is 12.9. The molecule has 196 valence electrons. The van der Waals surface area contributed by atoms with Crippen LogP contribution in [0.25, 0.3) is 0 Å². The fraction of sp³-hybridized carbons (Fsp3) is 0.406. The average molecular weight is 502 g/mol. The van der Waals surface area contributed by atoms with Crippen molar-refractivity contribution in [1.82, 2.24) is 4.90 Å². The maximum Gasteiger partial charge on any atom is 0.335 e. The van der Waals surface area contributed by atoms with Gasteiger partial charge in [0.2, 0.25) is 0 Å². The van der Waals surface area contributed by atoms with Crippen molar-refractivity contribution in [3.05, 3.63) is 100 Å². The molecule has 0 spiro atoms. The lowest BCUT2D eigenvalue weighted by Gasteiger charge is -2.30. The number of esters is 1. The summed E-state index contributed by atoms with van der Waals surface area (Å²) in [5.74, 6) is 0.503. The van der Waals surface area contributed by atoms with Crippen LogP contribution in [-0.4, -0.2) is 50.4 Å². The van der Waals surface area contributed by atoms with E-state index in [9.17, 15) is 4.79 Å². The minimum atomic E-state index is -0.584. The van der Waals surface area contributed by atoms with E-state index in [-0.39, 0.29) is 12.0 Å². The highest BCUT2D eigenvalue weighted by Crippen LogP contribution is 2.36. The van der Waals surface area contributed by atoms with Crippen LogP contribution < -0.4 is 4.74 Å². The molecule has 0 aromatic heterocycles. The highest BCUT2D eigenvalue weighted by Gasteiger charge is 2.27. The zero-order chi connectivity index (χ0) is 26.2. The molecule has 3 aromatic rings. The van der Waals surface area contributed by atoms with E-state index < -0.39 is 6.10 Å². The third-order valence-electron chi connectivity index (χ3n) is 7.02. The van der Waals surface area contributed by atoms with Crippen molar-refractivity contribution in [3.8, 4) is 5.75 Å². The van der Waals surface area contributed by atoms with E-state index >= 15 is 0 Å². The van der Waals surface area contributed by atoms with Gasteiger partial charge in [-0.05, 0) is 80.6 Å². The number of likely N-dealkylation sites (N-methyl/N-ethyl adjacent to an activating group) is 1. The van der Waals surface area contributed by atoms with Gasteiger partial charge in [0.25, 0.3) is 0 Å². The summed E-state index contributed by atoms with van der Waals surface area (Å²) in [4.78, 5) is 14.6. The lowest BCUT2D eigenvalue weighted by molar-refractivity contribution is -0.156. The molecule has 0 heterocycles. The number of benzene rings is 3. The molecular weight excluding hydrogens is 462 g/mol. The van der Waals surface area contributed by atoms with Gasteiger partial charge in [0.15, 0.2) is 6.10 Å². The van der Waals surface area contributed by atoms with Crippen molar-refractivity contribution in [2.45, 2.75) is 52.2 Å². The Balaban J connectivity index is 1.40. The predicted octanol–water partition coefficient (Wildman–Crippen LogP) is 5.70. The van der Waals surface area contributed by atoms with Crippen molar-refractivity contribution in [2.75, 3.05) is 33.4 Å². The summed E-state index contributed by atoms with van der Waals surface area (Å²) in [6.07, 6.45) is 2.04. The van der Waals surface area contributed by atoms with E-state index in [1.54, 1.807) is 6.92 Å². The third-order valence-corrected chi connectivity index (χ3v) is 7.02. The highest BCUT2D eigenvalue weighted by molar-refractivity contribution is 5.75. The molecule has 4 rings (SSSR count). The molecule has 0 amide bonds. The van der Waals surface area contributed by atoms with Gasteiger partial charge in [-0.25, -0.2) is 4.79 Å². The number of carbonyl (C=O) groups is 1. The summed E-state index contributed by atoms with van der Waals surface area (Å²) in [6, 6.07) is 23.8. The first-order valence-electron chi connectivity index (χ1n) is 13.4. The van der Waals surface area contributed by atoms with E-state index in [0.29, 0.717) is 26.2 Å². The molecular formula is C32H39NO4. The number of aryl methyl sites for hydroxylation is 3. The quantitative estimate of drug-likeness (QED) is 0.315. The lowest BCUT2D eigenvalue weighted by atomic mass is 9.92. The Labute approximate surface area is 221 Å². The molecule has 2 unspecified atom stereocenters. The zero-order valence-electron chi connectivity index (χ0n) is 22.5. The van der Waals surface area contributed by atoms with Gasteiger partial charge in [-0.2, -0.15) is 0 Å². The number of ether oxygens (including phenoxy) is 3. The Kier molecular flexibility index (Phi) is 9.37. The molecule has 2 atom stereocenters. The number of fused-ring (bicyclic) bond motifs is 2. The van der Waals surface area contributed by atoms with Crippen LogP contribution in [0.2, 0.25) is 0 Å². The van der Waals surface area contributed by atoms with Crippen LogP contribution in [-0.2, 0) is 33.5 Å². The Morgan fingerprint density at radius 1 is 0.946 bits per heavy atom. The first kappa shape index (κ1) is 26.9. The van der Waals surface area contributed by atoms with E-state index in [1.165, 1.54) is 27.8 Å². The van der Waals surface area contributed by atoms with Crippen LogP contribution in [0, 0.1) is 6.92 Å². The number of nitrogens with zero attached hydrogens (tertiary/aromatic N) is 1. The normalized spacial score (nSPS) is 15.4. The van der Waals surface area contributed by atoms with Crippen molar-refractivity contribution >= 4 is 5.97 Å². The second-order valence-corrected chi connectivity index (χ2v) is 9.68. The van der Waals surface area contributed by atoms with Gasteiger partial charge in [-0.15, -0.1) is 0 Å². The molecule has 0 saturated carbocycles. The molecule has 0 N–H and O–H groups in total. The Morgan fingerprint density at radius 3 is 2.43 bits per heavy atom. The van der Waals surface area contributed by atoms with Crippen LogP contribution in [0.3, 0.4) is 0 Å². The molecule has 0 bridgehead atoms. The van der Waals surface area contributed by atoms with Crippen LogP contribution in [0.4, 0.5) is 0 Å². The van der Waals surface area contributed by atoms with E-state index in [1.807, 2.05) is 31.2 Å². The van der Waals surface area contributed by atoms with Crippen molar-refractivity contribution in [2.24, 2.45) is 0 Å². The summed E-state index contributed by atoms with van der Waals surface area (Å²) in [7, 11) is 2.19. The van der Waals surface area contributed by atoms with Crippen molar-refractivity contribution in [1.29, 1.82) is 0 Å². The van der Waals surface area contributed by atoms with Crippen LogP contribution in [0.5, 0.6) is 5.75 Å². The number of hydrogen-bond donors (Lipinski definition) is 0. The lowest BCUT2D eigenvalue weighted by Crippen LogP contribution is -2.30. The van der Waals surface area contributed by atoms with E-state index in [4.69, 9.17) is 14.2 Å². The monoisotopic (exact) mass is 501 g/mol. The topological polar surface area (TPSA) is 48.0 Å². The predicted molar refractivity (Wildman–Crippen MR) is 147 cm³/mol. The molecule has 1 aliphatic rings. The standard InChI is InChI=1S/C32H39NO4/c1-5-35-30(32(34)36-6-2)22-24-12-16-27(17-13-24)37-20-19-33(4)31-28-10-8-7-9-25(28)14-15-26-21-23(3)11-18-29(26)31/h7-13,16-18,21,30-31H,5-6,14-15,19-20,22H2,1-4H3. The summed E-state index contributed by atoms with van der Waals surface area (Å²) in [6.45, 7) is 8.05. The smallest absolute Gasteiger partial charge is 0.335 e. The van der Waals surface area contributed by atoms with Gasteiger partial charge in [0.05, 0.1) is 12.6 Å². The molecule has 0 radical (unpaired) electrons. The number of rotatable bonds is 11. The summed E-state index contributed by atoms with van der Waals surface area (Å²) in [5.41, 5.74) is 7.98. The SMILES string of the molecule is CCOC(=O)C(Cc1ccc(OCCN(C)C2c3ccccc3CCc3cc(C)ccc32)cc1)OCC. The van der Waals surface area contributed by atoms with Gasteiger partial charge >= 0.3 is 5.97 Å². The maximum absolute atomic E-state index is 12.2. The molecule has 0 saturated heterocycles. The first-order chi connectivity index (χ1) is 18.0. The molecule has 37 heavy (non-hydrogen) atoms.